The molecule has 0 spiro atoms. The van der Waals surface area contributed by atoms with Crippen molar-refractivity contribution in [3.63, 3.8) is 0 Å². The highest BCUT2D eigenvalue weighted by atomic mass is 16.2. The van der Waals surface area contributed by atoms with Crippen LogP contribution >= 0.6 is 0 Å². The Balaban J connectivity index is 1.78. The minimum atomic E-state index is -0.0140. The van der Waals surface area contributed by atoms with Gasteiger partial charge in [-0.05, 0) is 57.1 Å². The lowest BCUT2D eigenvalue weighted by Gasteiger charge is -2.20. The molecule has 0 saturated carbocycles. The minimum Gasteiger partial charge on any atom is -0.345 e. The van der Waals surface area contributed by atoms with E-state index in [0.717, 1.165) is 47.5 Å². The first-order valence-corrected chi connectivity index (χ1v) is 10.1. The average Bonchev–Trinajstić information content (AvgIpc) is 3.02. The van der Waals surface area contributed by atoms with E-state index >= 15 is 0 Å². The summed E-state index contributed by atoms with van der Waals surface area (Å²) in [5.74, 6) is -0.0140. The Morgan fingerprint density at radius 1 is 1.10 bits per heavy atom. The predicted molar refractivity (Wildman–Crippen MR) is 118 cm³/mol. The summed E-state index contributed by atoms with van der Waals surface area (Å²) in [6.45, 7) is 3.02. The molecule has 2 aliphatic rings. The number of carbonyl (C=O) groups is 1. The van der Waals surface area contributed by atoms with Crippen molar-refractivity contribution in [1.29, 1.82) is 0 Å². The van der Waals surface area contributed by atoms with Crippen LogP contribution in [0.25, 0.3) is 0 Å². The molecule has 1 heterocycles. The van der Waals surface area contributed by atoms with Gasteiger partial charge in [0.25, 0.3) is 5.91 Å². The molecule has 1 amide bonds. The van der Waals surface area contributed by atoms with Crippen LogP contribution in [-0.2, 0) is 11.3 Å². The molecule has 4 rings (SSSR count). The third-order valence-electron chi connectivity index (χ3n) is 5.43. The molecule has 0 radical (unpaired) electrons. The molecule has 1 N–H and O–H groups in total. The van der Waals surface area contributed by atoms with Gasteiger partial charge >= 0.3 is 0 Å². The number of rotatable bonds is 5. The summed E-state index contributed by atoms with van der Waals surface area (Å²) in [5, 5.41) is 3.16. The Morgan fingerprint density at radius 3 is 2.52 bits per heavy atom. The second-order valence-corrected chi connectivity index (χ2v) is 8.12. The van der Waals surface area contributed by atoms with Crippen LogP contribution in [0.1, 0.15) is 30.9 Å². The fraction of sp³-hybridized carbons (Fsp3) is 0.280. The summed E-state index contributed by atoms with van der Waals surface area (Å²) >= 11 is 0. The van der Waals surface area contributed by atoms with Crippen LogP contribution in [0, 0.1) is 0 Å². The Kier molecular flexibility index (Phi) is 5.45. The topological polar surface area (TPSA) is 44.7 Å². The van der Waals surface area contributed by atoms with Gasteiger partial charge < -0.3 is 10.2 Å². The molecular formula is C25H27N3O. The number of nitrogens with one attached hydrogen (secondary N) is 1. The molecule has 1 aliphatic heterocycles. The average molecular weight is 386 g/mol. The van der Waals surface area contributed by atoms with Crippen LogP contribution < -0.4 is 5.32 Å². The van der Waals surface area contributed by atoms with Gasteiger partial charge in [0.2, 0.25) is 0 Å². The lowest BCUT2D eigenvalue weighted by Crippen LogP contribution is -2.30. The number of carbonyl (C=O) groups excluding carboxylic acids is 1. The molecule has 0 saturated heterocycles. The van der Waals surface area contributed by atoms with Crippen LogP contribution in [0.5, 0.6) is 0 Å². The summed E-state index contributed by atoms with van der Waals surface area (Å²) in [7, 11) is 4.12. The first kappa shape index (κ1) is 19.3. The third kappa shape index (κ3) is 4.22. The molecule has 1 atom stereocenters. The molecule has 1 aliphatic carbocycles. The van der Waals surface area contributed by atoms with E-state index in [-0.39, 0.29) is 11.9 Å². The van der Waals surface area contributed by atoms with Gasteiger partial charge in [-0.3, -0.25) is 4.79 Å². The molecule has 0 bridgehead atoms. The van der Waals surface area contributed by atoms with Crippen molar-refractivity contribution in [2.24, 2.45) is 4.99 Å². The fourth-order valence-electron chi connectivity index (χ4n) is 4.04. The van der Waals surface area contributed by atoms with Gasteiger partial charge in [-0.2, -0.15) is 0 Å². The third-order valence-corrected chi connectivity index (χ3v) is 5.43. The number of aliphatic imine (C=N–C) groups is 1. The van der Waals surface area contributed by atoms with Crippen molar-refractivity contribution in [2.75, 3.05) is 14.1 Å². The van der Waals surface area contributed by atoms with Crippen molar-refractivity contribution in [2.45, 2.75) is 32.4 Å². The number of benzene rings is 2. The van der Waals surface area contributed by atoms with Crippen LogP contribution in [-0.4, -0.2) is 36.7 Å². The SMILES string of the molecule is CC1=CCC2=C(C(=Nc3ccc(CN(C)C)cc3)c3ccccc3)C(=O)NC2C1. The number of hydrogen-bond donors (Lipinski definition) is 1. The predicted octanol–water partition coefficient (Wildman–Crippen LogP) is 4.40. The normalized spacial score (nSPS) is 19.3. The Bertz CT molecular complexity index is 998. The summed E-state index contributed by atoms with van der Waals surface area (Å²) in [6, 6.07) is 18.4. The minimum absolute atomic E-state index is 0.0140. The van der Waals surface area contributed by atoms with E-state index in [9.17, 15) is 4.79 Å². The second kappa shape index (κ2) is 8.18. The molecular weight excluding hydrogens is 358 g/mol. The van der Waals surface area contributed by atoms with Crippen LogP contribution in [0.2, 0.25) is 0 Å². The van der Waals surface area contributed by atoms with Gasteiger partial charge in [-0.15, -0.1) is 0 Å². The van der Waals surface area contributed by atoms with E-state index in [1.165, 1.54) is 11.1 Å². The molecule has 4 heteroatoms. The van der Waals surface area contributed by atoms with Crippen LogP contribution in [0.15, 0.2) is 82.4 Å². The van der Waals surface area contributed by atoms with Crippen LogP contribution in [0.3, 0.4) is 0 Å². The zero-order valence-electron chi connectivity index (χ0n) is 17.3. The largest absolute Gasteiger partial charge is 0.345 e. The molecule has 4 nitrogen and oxygen atoms in total. The van der Waals surface area contributed by atoms with E-state index in [1.54, 1.807) is 0 Å². The lowest BCUT2D eigenvalue weighted by atomic mass is 9.88. The quantitative estimate of drug-likeness (QED) is 0.612. The van der Waals surface area contributed by atoms with Gasteiger partial charge in [-0.1, -0.05) is 54.1 Å². The number of fused-ring (bicyclic) bond motifs is 1. The van der Waals surface area contributed by atoms with Gasteiger partial charge in [0.15, 0.2) is 0 Å². The second-order valence-electron chi connectivity index (χ2n) is 8.12. The monoisotopic (exact) mass is 385 g/mol. The fourth-order valence-corrected chi connectivity index (χ4v) is 4.04. The van der Waals surface area contributed by atoms with Crippen molar-refractivity contribution in [3.05, 3.63) is 88.5 Å². The standard InChI is InChI=1S/C25H27N3O/c1-17-9-14-21-22(15-17)27-25(29)23(21)24(19-7-5-4-6-8-19)26-20-12-10-18(11-13-20)16-28(2)3/h4-13,22H,14-16H2,1-3H3,(H,27,29). The highest BCUT2D eigenvalue weighted by Gasteiger charge is 2.35. The molecule has 148 valence electrons. The van der Waals surface area contributed by atoms with E-state index < -0.39 is 0 Å². The molecule has 0 fully saturated rings. The van der Waals surface area contributed by atoms with Crippen molar-refractivity contribution < 1.29 is 4.79 Å². The summed E-state index contributed by atoms with van der Waals surface area (Å²) in [5.41, 5.74) is 7.05. The van der Waals surface area contributed by atoms with Crippen LogP contribution in [0.4, 0.5) is 5.69 Å². The zero-order chi connectivity index (χ0) is 20.4. The highest BCUT2D eigenvalue weighted by molar-refractivity contribution is 6.30. The zero-order valence-corrected chi connectivity index (χ0v) is 17.3. The molecule has 29 heavy (non-hydrogen) atoms. The first-order chi connectivity index (χ1) is 14.0. The smallest absolute Gasteiger partial charge is 0.254 e. The number of nitrogens with zero attached hydrogens (tertiary/aromatic N) is 2. The number of amides is 1. The maximum absolute atomic E-state index is 12.9. The number of hydrogen-bond acceptors (Lipinski definition) is 3. The molecule has 0 aromatic heterocycles. The van der Waals surface area contributed by atoms with Crippen molar-refractivity contribution in [1.82, 2.24) is 10.2 Å². The van der Waals surface area contributed by atoms with E-state index in [1.807, 2.05) is 42.5 Å². The Hall–Kier alpha value is -2.98. The first-order valence-electron chi connectivity index (χ1n) is 10.1. The van der Waals surface area contributed by atoms with Crippen molar-refractivity contribution >= 4 is 17.3 Å². The maximum Gasteiger partial charge on any atom is 0.254 e. The maximum atomic E-state index is 12.9. The van der Waals surface area contributed by atoms with Gasteiger partial charge in [-0.25, -0.2) is 4.99 Å². The Morgan fingerprint density at radius 2 is 1.83 bits per heavy atom. The molecule has 2 aromatic rings. The Labute approximate surface area is 172 Å². The van der Waals surface area contributed by atoms with Gasteiger partial charge in [0.05, 0.1) is 23.0 Å². The van der Waals surface area contributed by atoms with Gasteiger partial charge in [0, 0.05) is 12.1 Å². The molecule has 2 aromatic carbocycles. The highest BCUT2D eigenvalue weighted by Crippen LogP contribution is 2.33. The summed E-state index contributed by atoms with van der Waals surface area (Å²) in [6.07, 6.45) is 3.91. The van der Waals surface area contributed by atoms with Crippen molar-refractivity contribution in [3.8, 4) is 0 Å². The lowest BCUT2D eigenvalue weighted by molar-refractivity contribution is -0.116. The number of allylic oxidation sites excluding steroid dienone is 1. The summed E-state index contributed by atoms with van der Waals surface area (Å²) < 4.78 is 0. The molecule has 1 unspecified atom stereocenters. The summed E-state index contributed by atoms with van der Waals surface area (Å²) in [4.78, 5) is 20.0. The van der Waals surface area contributed by atoms with E-state index in [4.69, 9.17) is 4.99 Å². The van der Waals surface area contributed by atoms with Gasteiger partial charge in [0.1, 0.15) is 0 Å². The van der Waals surface area contributed by atoms with E-state index in [2.05, 4.69) is 49.4 Å². The van der Waals surface area contributed by atoms with E-state index in [0.29, 0.717) is 0 Å².